The molecule has 0 radical (unpaired) electrons. The zero-order chi connectivity index (χ0) is 20.5. The number of aliphatic imine (C=N–C) groups is 1. The van der Waals surface area contributed by atoms with Gasteiger partial charge in [0.25, 0.3) is 0 Å². The van der Waals surface area contributed by atoms with Crippen molar-refractivity contribution in [1.29, 1.82) is 0 Å². The van der Waals surface area contributed by atoms with E-state index in [1.807, 2.05) is 11.8 Å². The van der Waals surface area contributed by atoms with Crippen molar-refractivity contribution in [3.8, 4) is 0 Å². The fourth-order valence-electron chi connectivity index (χ4n) is 3.73. The molecule has 162 valence electrons. The smallest absolute Gasteiger partial charge is 0.191 e. The average molecular weight is 420 g/mol. The highest BCUT2D eigenvalue weighted by molar-refractivity contribution is 7.99. The van der Waals surface area contributed by atoms with Crippen molar-refractivity contribution in [3.05, 3.63) is 29.8 Å². The van der Waals surface area contributed by atoms with Crippen molar-refractivity contribution >= 4 is 23.4 Å². The monoisotopic (exact) mass is 419 g/mol. The Morgan fingerprint density at radius 1 is 1.07 bits per heavy atom. The van der Waals surface area contributed by atoms with Crippen LogP contribution in [0.15, 0.2) is 29.3 Å². The summed E-state index contributed by atoms with van der Waals surface area (Å²) in [6.45, 7) is 15.0. The Kier molecular flexibility index (Phi) is 8.51. The van der Waals surface area contributed by atoms with Gasteiger partial charge >= 0.3 is 0 Å². The molecule has 0 aliphatic carbocycles. The molecule has 0 unspecified atom stereocenters. The van der Waals surface area contributed by atoms with Crippen molar-refractivity contribution in [1.82, 2.24) is 15.5 Å². The molecule has 2 aliphatic rings. The molecule has 3 rings (SSSR count). The van der Waals surface area contributed by atoms with Gasteiger partial charge in [0.05, 0.1) is 19.8 Å². The highest BCUT2D eigenvalue weighted by atomic mass is 32.2. The number of hydrogen-bond acceptors (Lipinski definition) is 5. The summed E-state index contributed by atoms with van der Waals surface area (Å²) in [7, 11) is 0. The van der Waals surface area contributed by atoms with E-state index in [9.17, 15) is 0 Å². The molecule has 2 aliphatic heterocycles. The minimum atomic E-state index is 0.0638. The maximum Gasteiger partial charge on any atom is 0.191 e. The average Bonchev–Trinajstić information content (AvgIpc) is 2.77. The molecule has 2 N–H and O–H groups in total. The number of morpholine rings is 1. The lowest BCUT2D eigenvalue weighted by atomic mass is 10.0. The molecule has 0 spiro atoms. The normalized spacial score (nSPS) is 19.3. The molecule has 29 heavy (non-hydrogen) atoms. The van der Waals surface area contributed by atoms with Crippen LogP contribution in [0.4, 0.5) is 5.69 Å². The van der Waals surface area contributed by atoms with Gasteiger partial charge < -0.3 is 20.3 Å². The zero-order valence-corrected chi connectivity index (χ0v) is 19.1. The second-order valence-corrected chi connectivity index (χ2v) is 9.45. The molecule has 1 aromatic carbocycles. The fourth-order valence-corrected chi connectivity index (χ4v) is 4.63. The molecule has 2 fully saturated rings. The highest BCUT2D eigenvalue weighted by Gasteiger charge is 2.28. The van der Waals surface area contributed by atoms with E-state index >= 15 is 0 Å². The van der Waals surface area contributed by atoms with Crippen LogP contribution in [0.5, 0.6) is 0 Å². The summed E-state index contributed by atoms with van der Waals surface area (Å²) in [5, 5.41) is 6.91. The Morgan fingerprint density at radius 2 is 1.76 bits per heavy atom. The quantitative estimate of drug-likeness (QED) is 0.523. The predicted molar refractivity (Wildman–Crippen MR) is 125 cm³/mol. The van der Waals surface area contributed by atoms with Crippen LogP contribution >= 0.6 is 11.8 Å². The van der Waals surface area contributed by atoms with E-state index < -0.39 is 0 Å². The molecule has 2 heterocycles. The Labute approximate surface area is 180 Å². The van der Waals surface area contributed by atoms with Gasteiger partial charge in [-0.1, -0.05) is 12.1 Å². The lowest BCUT2D eigenvalue weighted by molar-refractivity contribution is -0.00834. The third-order valence-electron chi connectivity index (χ3n) is 5.63. The molecule has 1 aromatic rings. The zero-order valence-electron chi connectivity index (χ0n) is 18.2. The van der Waals surface area contributed by atoms with E-state index in [2.05, 4.69) is 65.5 Å². The number of hydrogen-bond donors (Lipinski definition) is 2. The van der Waals surface area contributed by atoms with Gasteiger partial charge in [-0.2, -0.15) is 11.8 Å². The molecular formula is C22H37N5OS. The first-order valence-electron chi connectivity index (χ1n) is 10.8. The summed E-state index contributed by atoms with van der Waals surface area (Å²) in [4.78, 5) is 9.77. The summed E-state index contributed by atoms with van der Waals surface area (Å²) in [6, 6.07) is 8.90. The number of nitrogens with one attached hydrogen (secondary N) is 2. The van der Waals surface area contributed by atoms with Gasteiger partial charge in [0.1, 0.15) is 0 Å². The van der Waals surface area contributed by atoms with Gasteiger partial charge in [-0.3, -0.25) is 4.90 Å². The highest BCUT2D eigenvalue weighted by Crippen LogP contribution is 2.20. The first kappa shape index (κ1) is 22.2. The summed E-state index contributed by atoms with van der Waals surface area (Å²) in [5.74, 6) is 3.33. The molecule has 0 aromatic heterocycles. The minimum absolute atomic E-state index is 0.0638. The third-order valence-corrected chi connectivity index (χ3v) is 6.57. The summed E-state index contributed by atoms with van der Waals surface area (Å²) in [5.41, 5.74) is 2.63. The van der Waals surface area contributed by atoms with E-state index in [-0.39, 0.29) is 5.54 Å². The van der Waals surface area contributed by atoms with Crippen molar-refractivity contribution in [3.63, 3.8) is 0 Å². The van der Waals surface area contributed by atoms with E-state index in [1.54, 1.807) is 0 Å². The molecule has 6 nitrogen and oxygen atoms in total. The maximum atomic E-state index is 5.49. The second-order valence-electron chi connectivity index (χ2n) is 8.23. The van der Waals surface area contributed by atoms with Crippen molar-refractivity contribution in [2.24, 2.45) is 4.99 Å². The van der Waals surface area contributed by atoms with Gasteiger partial charge in [-0.05, 0) is 38.5 Å². The number of rotatable bonds is 7. The van der Waals surface area contributed by atoms with E-state index in [0.29, 0.717) is 6.54 Å². The molecule has 0 bridgehead atoms. The van der Waals surface area contributed by atoms with Crippen LogP contribution in [0.25, 0.3) is 0 Å². The molecular weight excluding hydrogens is 382 g/mol. The number of nitrogens with zero attached hydrogens (tertiary/aromatic N) is 3. The van der Waals surface area contributed by atoms with Crippen molar-refractivity contribution in [2.45, 2.75) is 32.9 Å². The number of ether oxygens (including phenoxy) is 1. The van der Waals surface area contributed by atoms with E-state index in [4.69, 9.17) is 9.73 Å². The standard InChI is InChI=1S/C22H37N5OS/c1-4-23-21(25-18-22(2,3)27-9-13-28-14-10-27)24-17-19-5-7-20(8-6-19)26-11-15-29-16-12-26/h5-8H,4,9-18H2,1-3H3,(H2,23,24,25). The Bertz CT molecular complexity index is 637. The van der Waals surface area contributed by atoms with E-state index in [0.717, 1.165) is 58.4 Å². The summed E-state index contributed by atoms with van der Waals surface area (Å²) < 4.78 is 5.49. The Hall–Kier alpha value is -1.44. The van der Waals surface area contributed by atoms with Gasteiger partial charge in [0.2, 0.25) is 0 Å². The largest absolute Gasteiger partial charge is 0.379 e. The molecule has 2 saturated heterocycles. The summed E-state index contributed by atoms with van der Waals surface area (Å²) in [6.07, 6.45) is 0. The first-order chi connectivity index (χ1) is 14.1. The molecule has 0 saturated carbocycles. The third kappa shape index (κ3) is 6.79. The van der Waals surface area contributed by atoms with Crippen LogP contribution < -0.4 is 15.5 Å². The van der Waals surface area contributed by atoms with Gasteiger partial charge in [-0.25, -0.2) is 4.99 Å². The van der Waals surface area contributed by atoms with Crippen LogP contribution in [-0.4, -0.2) is 80.4 Å². The number of anilines is 1. The van der Waals surface area contributed by atoms with Crippen molar-refractivity contribution in [2.75, 3.05) is 68.9 Å². The molecule has 0 atom stereocenters. The first-order valence-corrected chi connectivity index (χ1v) is 12.0. The lowest BCUT2D eigenvalue weighted by Gasteiger charge is -2.41. The second kappa shape index (κ2) is 11.1. The van der Waals surface area contributed by atoms with Gasteiger partial charge in [0.15, 0.2) is 5.96 Å². The molecule has 7 heteroatoms. The van der Waals surface area contributed by atoms with Crippen molar-refractivity contribution < 1.29 is 4.74 Å². The topological polar surface area (TPSA) is 52.1 Å². The Morgan fingerprint density at radius 3 is 2.41 bits per heavy atom. The predicted octanol–water partition coefficient (Wildman–Crippen LogP) is 2.41. The van der Waals surface area contributed by atoms with Crippen LogP contribution in [0, 0.1) is 0 Å². The van der Waals surface area contributed by atoms with Gasteiger partial charge in [0, 0.05) is 62.0 Å². The Balaban J connectivity index is 1.54. The lowest BCUT2D eigenvalue weighted by Crippen LogP contribution is -2.56. The number of benzene rings is 1. The number of guanidine groups is 1. The van der Waals surface area contributed by atoms with Crippen LogP contribution in [0.3, 0.4) is 0 Å². The maximum absolute atomic E-state index is 5.49. The van der Waals surface area contributed by atoms with Crippen LogP contribution in [0.2, 0.25) is 0 Å². The molecule has 0 amide bonds. The summed E-state index contributed by atoms with van der Waals surface area (Å²) >= 11 is 2.05. The fraction of sp³-hybridized carbons (Fsp3) is 0.682. The SMILES string of the molecule is CCNC(=NCc1ccc(N2CCSCC2)cc1)NCC(C)(C)N1CCOCC1. The number of thioether (sulfide) groups is 1. The van der Waals surface area contributed by atoms with E-state index in [1.165, 1.54) is 22.8 Å². The minimum Gasteiger partial charge on any atom is -0.379 e. The van der Waals surface area contributed by atoms with Crippen LogP contribution in [-0.2, 0) is 11.3 Å². The van der Waals surface area contributed by atoms with Gasteiger partial charge in [-0.15, -0.1) is 0 Å². The van der Waals surface area contributed by atoms with Crippen LogP contribution in [0.1, 0.15) is 26.3 Å².